The van der Waals surface area contributed by atoms with Crippen molar-refractivity contribution in [1.29, 1.82) is 0 Å². The zero-order chi connectivity index (χ0) is 15.6. The number of nitrogens with one attached hydrogen (secondary N) is 1. The number of amides is 1. The summed E-state index contributed by atoms with van der Waals surface area (Å²) in [6.07, 6.45) is -3.68. The Hall–Kier alpha value is -1.96. The van der Waals surface area contributed by atoms with Crippen LogP contribution in [0.2, 0.25) is 0 Å². The molecule has 1 heterocycles. The molecule has 1 aromatic carbocycles. The first-order chi connectivity index (χ1) is 9.77. The van der Waals surface area contributed by atoms with E-state index in [0.717, 1.165) is 30.5 Å². The van der Waals surface area contributed by atoms with E-state index in [0.29, 0.717) is 0 Å². The van der Waals surface area contributed by atoms with E-state index in [1.807, 2.05) is 0 Å². The Balaban J connectivity index is 2.31. The van der Waals surface area contributed by atoms with E-state index in [2.05, 4.69) is 26.2 Å². The largest absolute Gasteiger partial charge is 0.418 e. The minimum atomic E-state index is -4.62. The first kappa shape index (κ1) is 15.4. The summed E-state index contributed by atoms with van der Waals surface area (Å²) < 4.78 is 51.6. The molecule has 0 saturated heterocycles. The molecule has 0 unspecified atom stereocenters. The lowest BCUT2D eigenvalue weighted by molar-refractivity contribution is -0.136. The summed E-state index contributed by atoms with van der Waals surface area (Å²) in [7, 11) is 0. The molecular weight excluding hydrogens is 356 g/mol. The third kappa shape index (κ3) is 3.78. The predicted octanol–water partition coefficient (Wildman–Crippen LogP) is 4.25. The molecule has 0 fully saturated rings. The van der Waals surface area contributed by atoms with Gasteiger partial charge in [0.15, 0.2) is 0 Å². The zero-order valence-corrected chi connectivity index (χ0v) is 11.8. The molecule has 2 aromatic rings. The number of nitrogens with zero attached hydrogens (tertiary/aromatic N) is 1. The number of pyridine rings is 1. The van der Waals surface area contributed by atoms with E-state index >= 15 is 0 Å². The maximum atomic E-state index is 12.9. The minimum Gasteiger partial charge on any atom is -0.321 e. The molecule has 2 rings (SSSR count). The van der Waals surface area contributed by atoms with Crippen LogP contribution in [0.25, 0.3) is 0 Å². The van der Waals surface area contributed by atoms with Crippen molar-refractivity contribution in [3.05, 3.63) is 58.1 Å². The number of halogens is 5. The monoisotopic (exact) mass is 362 g/mol. The van der Waals surface area contributed by atoms with Gasteiger partial charge in [-0.05, 0) is 30.3 Å². The highest BCUT2D eigenvalue weighted by Gasteiger charge is 2.34. The lowest BCUT2D eigenvalue weighted by Crippen LogP contribution is -2.17. The molecule has 110 valence electrons. The van der Waals surface area contributed by atoms with E-state index in [4.69, 9.17) is 0 Å². The quantitative estimate of drug-likeness (QED) is 0.640. The highest BCUT2D eigenvalue weighted by molar-refractivity contribution is 9.10. The zero-order valence-electron chi connectivity index (χ0n) is 10.2. The number of alkyl halides is 3. The van der Waals surface area contributed by atoms with E-state index in [1.54, 1.807) is 0 Å². The third-order valence-corrected chi connectivity index (χ3v) is 3.02. The minimum absolute atomic E-state index is 0.0487. The Morgan fingerprint density at radius 3 is 2.48 bits per heavy atom. The third-order valence-electron chi connectivity index (χ3n) is 2.52. The van der Waals surface area contributed by atoms with Gasteiger partial charge in [0.05, 0.1) is 16.8 Å². The topological polar surface area (TPSA) is 42.0 Å². The van der Waals surface area contributed by atoms with Gasteiger partial charge in [-0.15, -0.1) is 0 Å². The molecule has 21 heavy (non-hydrogen) atoms. The first-order valence-electron chi connectivity index (χ1n) is 5.57. The van der Waals surface area contributed by atoms with Gasteiger partial charge < -0.3 is 5.32 Å². The van der Waals surface area contributed by atoms with Gasteiger partial charge in [0.1, 0.15) is 0 Å². The summed E-state index contributed by atoms with van der Waals surface area (Å²) in [6, 6.07) is 5.43. The van der Waals surface area contributed by atoms with Gasteiger partial charge in [0, 0.05) is 10.7 Å². The number of carbonyl (C=O) groups excluding carboxylic acids is 1. The highest BCUT2D eigenvalue weighted by Crippen LogP contribution is 2.36. The van der Waals surface area contributed by atoms with Crippen LogP contribution < -0.4 is 5.32 Å². The number of rotatable bonds is 2. The van der Waals surface area contributed by atoms with Gasteiger partial charge in [-0.1, -0.05) is 15.9 Å². The number of hydrogen-bond donors (Lipinski definition) is 1. The van der Waals surface area contributed by atoms with Crippen molar-refractivity contribution in [2.45, 2.75) is 6.18 Å². The van der Waals surface area contributed by atoms with Crippen LogP contribution in [0.1, 0.15) is 15.9 Å². The average Bonchev–Trinajstić information content (AvgIpc) is 2.40. The van der Waals surface area contributed by atoms with Gasteiger partial charge in [-0.25, -0.2) is 4.98 Å². The Kier molecular flexibility index (Phi) is 4.26. The molecule has 0 aliphatic rings. The summed E-state index contributed by atoms with van der Waals surface area (Å²) >= 11 is 2.94. The number of benzene rings is 1. The Morgan fingerprint density at radius 1 is 1.19 bits per heavy atom. The van der Waals surface area contributed by atoms with Gasteiger partial charge in [0.2, 0.25) is 5.95 Å². The number of anilines is 1. The maximum absolute atomic E-state index is 12.9. The summed E-state index contributed by atoms with van der Waals surface area (Å²) in [6.45, 7) is 0. The first-order valence-corrected chi connectivity index (χ1v) is 6.36. The predicted molar refractivity (Wildman–Crippen MR) is 71.3 cm³/mol. The molecule has 0 aliphatic heterocycles. The number of hydrogen-bond acceptors (Lipinski definition) is 2. The van der Waals surface area contributed by atoms with Gasteiger partial charge in [0.25, 0.3) is 5.91 Å². The molecule has 1 aromatic heterocycles. The molecule has 3 nitrogen and oxygen atoms in total. The van der Waals surface area contributed by atoms with Gasteiger partial charge in [-0.3, -0.25) is 4.79 Å². The van der Waals surface area contributed by atoms with Crippen molar-refractivity contribution in [2.75, 3.05) is 5.32 Å². The number of aromatic nitrogens is 1. The van der Waals surface area contributed by atoms with E-state index in [1.165, 1.54) is 6.07 Å². The molecule has 0 atom stereocenters. The van der Waals surface area contributed by atoms with Crippen LogP contribution in [-0.4, -0.2) is 10.9 Å². The van der Waals surface area contributed by atoms with Crippen LogP contribution in [0.5, 0.6) is 0 Å². The molecular formula is C13H7BrF4N2O. The summed E-state index contributed by atoms with van der Waals surface area (Å²) in [5, 5.41) is 2.14. The smallest absolute Gasteiger partial charge is 0.321 e. The van der Waals surface area contributed by atoms with Crippen LogP contribution in [0, 0.1) is 5.95 Å². The van der Waals surface area contributed by atoms with E-state index < -0.39 is 23.6 Å². The van der Waals surface area contributed by atoms with Crippen molar-refractivity contribution < 1.29 is 22.4 Å². The summed E-state index contributed by atoms with van der Waals surface area (Å²) in [5.41, 5.74) is -1.42. The second-order valence-corrected chi connectivity index (χ2v) is 4.93. The summed E-state index contributed by atoms with van der Waals surface area (Å²) in [5.74, 6) is -1.60. The van der Waals surface area contributed by atoms with Crippen molar-refractivity contribution in [3.63, 3.8) is 0 Å². The molecule has 1 N–H and O–H groups in total. The van der Waals surface area contributed by atoms with Crippen LogP contribution in [0.3, 0.4) is 0 Å². The molecule has 0 saturated carbocycles. The van der Waals surface area contributed by atoms with Crippen LogP contribution in [-0.2, 0) is 6.18 Å². The fraction of sp³-hybridized carbons (Fsp3) is 0.0769. The van der Waals surface area contributed by atoms with Crippen LogP contribution >= 0.6 is 15.9 Å². The standard InChI is InChI=1S/C13H7BrF4N2O/c14-8-2-3-10(9(5-8)13(16,17)18)20-12(21)7-1-4-11(15)19-6-7/h1-6H,(H,20,21). The Morgan fingerprint density at radius 2 is 1.90 bits per heavy atom. The lowest BCUT2D eigenvalue weighted by atomic mass is 10.1. The van der Waals surface area contributed by atoms with E-state index in [9.17, 15) is 22.4 Å². The van der Waals surface area contributed by atoms with E-state index in [-0.39, 0.29) is 15.7 Å². The molecule has 1 amide bonds. The van der Waals surface area contributed by atoms with Crippen molar-refractivity contribution in [1.82, 2.24) is 4.98 Å². The SMILES string of the molecule is O=C(Nc1ccc(Br)cc1C(F)(F)F)c1ccc(F)nc1. The lowest BCUT2D eigenvalue weighted by Gasteiger charge is -2.14. The summed E-state index contributed by atoms with van der Waals surface area (Å²) in [4.78, 5) is 15.1. The van der Waals surface area contributed by atoms with Crippen LogP contribution in [0.4, 0.5) is 23.2 Å². The van der Waals surface area contributed by atoms with Crippen molar-refractivity contribution in [2.24, 2.45) is 0 Å². The van der Waals surface area contributed by atoms with Crippen molar-refractivity contribution >= 4 is 27.5 Å². The van der Waals surface area contributed by atoms with Gasteiger partial charge >= 0.3 is 6.18 Å². The Bertz CT molecular complexity index is 671. The maximum Gasteiger partial charge on any atom is 0.418 e. The Labute approximate surface area is 125 Å². The second-order valence-electron chi connectivity index (χ2n) is 4.01. The number of carbonyl (C=O) groups is 1. The molecule has 0 spiro atoms. The van der Waals surface area contributed by atoms with Crippen molar-refractivity contribution in [3.8, 4) is 0 Å². The fourth-order valence-electron chi connectivity index (χ4n) is 1.56. The van der Waals surface area contributed by atoms with Gasteiger partial charge in [-0.2, -0.15) is 17.6 Å². The highest BCUT2D eigenvalue weighted by atomic mass is 79.9. The normalized spacial score (nSPS) is 11.3. The molecule has 8 heteroatoms. The van der Waals surface area contributed by atoms with Crippen LogP contribution in [0.15, 0.2) is 41.0 Å². The molecule has 0 bridgehead atoms. The molecule has 0 aliphatic carbocycles. The second kappa shape index (κ2) is 5.80. The average molecular weight is 363 g/mol. The fourth-order valence-corrected chi connectivity index (χ4v) is 1.93. The molecule has 0 radical (unpaired) electrons.